The Bertz CT molecular complexity index is 904. The van der Waals surface area contributed by atoms with Crippen LogP contribution in [-0.4, -0.2) is 59.6 Å². The molecule has 5 nitrogen and oxygen atoms in total. The first-order chi connectivity index (χ1) is 14.5. The average Bonchev–Trinajstić information content (AvgIpc) is 3.11. The molecular weight excluding hydrogens is 376 g/mol. The lowest BCUT2D eigenvalue weighted by Crippen LogP contribution is -2.63. The minimum absolute atomic E-state index is 0.0428. The number of furan rings is 1. The zero-order valence-corrected chi connectivity index (χ0v) is 18.0. The van der Waals surface area contributed by atoms with Crippen LogP contribution in [0.5, 0.6) is 0 Å². The first kappa shape index (κ1) is 20.9. The summed E-state index contributed by atoms with van der Waals surface area (Å²) in [6.45, 7) is 7.07. The van der Waals surface area contributed by atoms with Crippen molar-refractivity contribution in [1.29, 1.82) is 0 Å². The van der Waals surface area contributed by atoms with Crippen LogP contribution in [0.3, 0.4) is 0 Å². The minimum atomic E-state index is -0.114. The number of piperidine rings is 2. The van der Waals surface area contributed by atoms with E-state index in [1.807, 2.05) is 43.0 Å². The van der Waals surface area contributed by atoms with E-state index in [-0.39, 0.29) is 24.0 Å². The van der Waals surface area contributed by atoms with E-state index in [4.69, 9.17) is 4.42 Å². The molecule has 4 rings (SSSR count). The van der Waals surface area contributed by atoms with Gasteiger partial charge < -0.3 is 14.4 Å². The van der Waals surface area contributed by atoms with Crippen molar-refractivity contribution in [1.82, 2.24) is 9.80 Å². The highest BCUT2D eigenvalue weighted by Gasteiger charge is 2.48. The molecule has 2 fully saturated rings. The van der Waals surface area contributed by atoms with Gasteiger partial charge >= 0.3 is 0 Å². The first-order valence-electron chi connectivity index (χ1n) is 11.0. The molecule has 2 aromatic rings. The molecule has 30 heavy (non-hydrogen) atoms. The number of amides is 1. The van der Waals surface area contributed by atoms with E-state index in [1.54, 1.807) is 0 Å². The van der Waals surface area contributed by atoms with Crippen LogP contribution >= 0.6 is 0 Å². The summed E-state index contributed by atoms with van der Waals surface area (Å²) in [6.07, 6.45) is 7.31. The third kappa shape index (κ3) is 4.09. The topological polar surface area (TPSA) is 56.9 Å². The Morgan fingerprint density at radius 2 is 2.03 bits per heavy atom. The van der Waals surface area contributed by atoms with Crippen molar-refractivity contribution in [2.24, 2.45) is 5.41 Å². The van der Waals surface area contributed by atoms with Gasteiger partial charge in [-0.05, 0) is 51.3 Å². The molecule has 2 aliphatic heterocycles. The predicted octanol–water partition coefficient (Wildman–Crippen LogP) is 3.90. The van der Waals surface area contributed by atoms with Gasteiger partial charge in [-0.15, -0.1) is 0 Å². The molecule has 5 heteroatoms. The van der Waals surface area contributed by atoms with Crippen LogP contribution in [0.2, 0.25) is 0 Å². The molecule has 1 aromatic heterocycles. The molecule has 0 spiro atoms. The van der Waals surface area contributed by atoms with Crippen LogP contribution in [0, 0.1) is 19.3 Å². The largest absolute Gasteiger partial charge is 0.466 e. The van der Waals surface area contributed by atoms with Crippen molar-refractivity contribution >= 4 is 12.0 Å². The lowest BCUT2D eigenvalue weighted by Gasteiger charge is -2.54. The zero-order chi connectivity index (χ0) is 21.1. The molecule has 2 saturated heterocycles. The Balaban J connectivity index is 1.51. The third-order valence-electron chi connectivity index (χ3n) is 6.86. The number of hydrogen-bond acceptors (Lipinski definition) is 4. The summed E-state index contributed by atoms with van der Waals surface area (Å²) >= 11 is 0. The van der Waals surface area contributed by atoms with E-state index in [1.165, 1.54) is 5.56 Å². The lowest BCUT2D eigenvalue weighted by molar-refractivity contribution is -0.0654. The second kappa shape index (κ2) is 8.78. The average molecular weight is 409 g/mol. The van der Waals surface area contributed by atoms with Gasteiger partial charge in [0.25, 0.3) is 5.91 Å². The molecule has 160 valence electrons. The van der Waals surface area contributed by atoms with Gasteiger partial charge in [-0.25, -0.2) is 0 Å². The molecule has 2 atom stereocenters. The number of aliphatic hydroxyl groups excluding tert-OH is 1. The maximum Gasteiger partial charge on any atom is 0.257 e. The molecule has 0 aliphatic carbocycles. The molecule has 0 saturated carbocycles. The van der Waals surface area contributed by atoms with E-state index >= 15 is 0 Å². The fraction of sp³-hybridized carbons (Fsp3) is 0.480. The predicted molar refractivity (Wildman–Crippen MR) is 118 cm³/mol. The minimum Gasteiger partial charge on any atom is -0.466 e. The number of carbonyl (C=O) groups is 1. The maximum atomic E-state index is 13.2. The first-order valence-corrected chi connectivity index (χ1v) is 11.0. The summed E-state index contributed by atoms with van der Waals surface area (Å²) in [4.78, 5) is 17.6. The van der Waals surface area contributed by atoms with Crippen molar-refractivity contribution in [3.63, 3.8) is 0 Å². The summed E-state index contributed by atoms with van der Waals surface area (Å²) in [6, 6.07) is 12.3. The number of benzene rings is 1. The summed E-state index contributed by atoms with van der Waals surface area (Å²) in [5, 5.41) is 10.3. The van der Waals surface area contributed by atoms with Crippen molar-refractivity contribution in [3.8, 4) is 0 Å². The van der Waals surface area contributed by atoms with Gasteiger partial charge in [-0.3, -0.25) is 9.69 Å². The summed E-state index contributed by atoms with van der Waals surface area (Å²) in [5.74, 6) is 1.49. The highest BCUT2D eigenvalue weighted by molar-refractivity contribution is 5.95. The fourth-order valence-corrected chi connectivity index (χ4v) is 5.17. The maximum absolute atomic E-state index is 13.2. The van der Waals surface area contributed by atoms with Crippen LogP contribution in [0.1, 0.15) is 46.7 Å². The molecule has 0 radical (unpaired) electrons. The van der Waals surface area contributed by atoms with Gasteiger partial charge in [-0.2, -0.15) is 0 Å². The Morgan fingerprint density at radius 3 is 2.73 bits per heavy atom. The second-order valence-corrected chi connectivity index (χ2v) is 8.78. The number of aryl methyl sites for hydroxylation is 2. The van der Waals surface area contributed by atoms with E-state index in [0.717, 1.165) is 38.1 Å². The third-order valence-corrected chi connectivity index (χ3v) is 6.86. The summed E-state index contributed by atoms with van der Waals surface area (Å²) in [5.41, 5.74) is 1.74. The van der Waals surface area contributed by atoms with Crippen LogP contribution in [0.4, 0.5) is 0 Å². The van der Waals surface area contributed by atoms with Crippen molar-refractivity contribution in [2.75, 3.05) is 32.8 Å². The summed E-state index contributed by atoms with van der Waals surface area (Å²) in [7, 11) is 0. The quantitative estimate of drug-likeness (QED) is 0.815. The van der Waals surface area contributed by atoms with Gasteiger partial charge in [0.2, 0.25) is 0 Å². The molecule has 3 heterocycles. The number of aliphatic hydroxyl groups is 1. The SMILES string of the molecule is Cc1cc(C(=O)N2CC[C@]3(CO)CCCN(CC=Cc4ccccc4)[C@H]3C2)c(C)o1. The number of likely N-dealkylation sites (tertiary alicyclic amines) is 2. The van der Waals surface area contributed by atoms with Crippen LogP contribution in [0.25, 0.3) is 6.08 Å². The van der Waals surface area contributed by atoms with Crippen molar-refractivity contribution in [3.05, 3.63) is 65.1 Å². The number of carbonyl (C=O) groups excluding carboxylic acids is 1. The van der Waals surface area contributed by atoms with Gasteiger partial charge in [0.15, 0.2) is 0 Å². The van der Waals surface area contributed by atoms with Gasteiger partial charge in [-0.1, -0.05) is 42.5 Å². The van der Waals surface area contributed by atoms with Gasteiger partial charge in [0, 0.05) is 31.1 Å². The van der Waals surface area contributed by atoms with Crippen LogP contribution in [0.15, 0.2) is 46.9 Å². The van der Waals surface area contributed by atoms with E-state index in [9.17, 15) is 9.90 Å². The molecule has 1 N–H and O–H groups in total. The molecule has 0 bridgehead atoms. The van der Waals surface area contributed by atoms with Gasteiger partial charge in [0.1, 0.15) is 11.5 Å². The lowest BCUT2D eigenvalue weighted by atomic mass is 9.69. The van der Waals surface area contributed by atoms with Crippen molar-refractivity contribution in [2.45, 2.75) is 39.2 Å². The molecule has 2 aliphatic rings. The standard InChI is InChI=1S/C25H32N2O3/c1-19-16-22(20(2)30-19)24(29)27-15-12-25(18-28)11-7-14-26(23(25)17-27)13-6-10-21-8-4-3-5-9-21/h3-6,8-10,16,23,28H,7,11-15,17-18H2,1-2H3/t23-,25-/m0/s1. The molecule has 1 amide bonds. The normalized spacial score (nSPS) is 24.9. The number of rotatable bonds is 5. The molecular formula is C25H32N2O3. The van der Waals surface area contributed by atoms with Crippen LogP contribution in [-0.2, 0) is 0 Å². The van der Waals surface area contributed by atoms with E-state index < -0.39 is 0 Å². The smallest absolute Gasteiger partial charge is 0.257 e. The van der Waals surface area contributed by atoms with E-state index in [2.05, 4.69) is 29.2 Å². The van der Waals surface area contributed by atoms with E-state index in [0.29, 0.717) is 24.4 Å². The Morgan fingerprint density at radius 1 is 1.23 bits per heavy atom. The Hall–Kier alpha value is -2.37. The van der Waals surface area contributed by atoms with Crippen molar-refractivity contribution < 1.29 is 14.3 Å². The zero-order valence-electron chi connectivity index (χ0n) is 18.0. The highest BCUT2D eigenvalue weighted by atomic mass is 16.3. The monoisotopic (exact) mass is 408 g/mol. The second-order valence-electron chi connectivity index (χ2n) is 8.78. The van der Waals surface area contributed by atoms with Crippen LogP contribution < -0.4 is 0 Å². The fourth-order valence-electron chi connectivity index (χ4n) is 5.17. The molecule has 1 aromatic carbocycles. The molecule has 0 unspecified atom stereocenters. The highest BCUT2D eigenvalue weighted by Crippen LogP contribution is 2.42. The number of nitrogens with zero attached hydrogens (tertiary/aromatic N) is 2. The Kier molecular flexibility index (Phi) is 6.11. The van der Waals surface area contributed by atoms with Gasteiger partial charge in [0.05, 0.1) is 12.2 Å². The number of hydrogen-bond donors (Lipinski definition) is 1. The Labute approximate surface area is 179 Å². The summed E-state index contributed by atoms with van der Waals surface area (Å²) < 4.78 is 5.58. The number of fused-ring (bicyclic) bond motifs is 1.